The Balaban J connectivity index is 1.84. The van der Waals surface area contributed by atoms with Gasteiger partial charge in [0.25, 0.3) is 5.91 Å². The van der Waals surface area contributed by atoms with Gasteiger partial charge in [0.1, 0.15) is 17.2 Å². The summed E-state index contributed by atoms with van der Waals surface area (Å²) in [6.45, 7) is 2.21. The molecule has 1 aromatic carbocycles. The van der Waals surface area contributed by atoms with Gasteiger partial charge in [0.2, 0.25) is 0 Å². The summed E-state index contributed by atoms with van der Waals surface area (Å²) >= 11 is 0. The number of aryl methyl sites for hydroxylation is 2. The van der Waals surface area contributed by atoms with E-state index in [9.17, 15) is 4.79 Å². The van der Waals surface area contributed by atoms with Gasteiger partial charge in [-0.2, -0.15) is 0 Å². The average molecular weight is 299 g/mol. The van der Waals surface area contributed by atoms with Gasteiger partial charge in [0.05, 0.1) is 13.7 Å². The number of benzene rings is 1. The van der Waals surface area contributed by atoms with Crippen LogP contribution in [0.15, 0.2) is 35.0 Å². The van der Waals surface area contributed by atoms with Crippen molar-refractivity contribution < 1.29 is 13.9 Å². The third-order valence-electron chi connectivity index (χ3n) is 3.68. The number of hydrogen-bond donors (Lipinski definition) is 1. The second-order valence-electron chi connectivity index (χ2n) is 5.06. The summed E-state index contributed by atoms with van der Waals surface area (Å²) in [6.07, 6.45) is 3.53. The number of imidazole rings is 1. The molecular weight excluding hydrogens is 282 g/mol. The number of fused-ring (bicyclic) bond motifs is 1. The largest absolute Gasteiger partial charge is 0.497 e. The number of nitrogens with zero attached hydrogens (tertiary/aromatic N) is 2. The Hall–Kier alpha value is -2.76. The van der Waals surface area contributed by atoms with Crippen LogP contribution in [-0.2, 0) is 13.6 Å². The van der Waals surface area contributed by atoms with E-state index in [0.29, 0.717) is 17.9 Å². The van der Waals surface area contributed by atoms with E-state index in [2.05, 4.69) is 10.3 Å². The van der Waals surface area contributed by atoms with Crippen LogP contribution in [0.3, 0.4) is 0 Å². The highest BCUT2D eigenvalue weighted by Gasteiger charge is 2.18. The molecule has 0 spiro atoms. The molecule has 1 N–H and O–H groups in total. The van der Waals surface area contributed by atoms with Crippen molar-refractivity contribution in [3.05, 3.63) is 47.7 Å². The van der Waals surface area contributed by atoms with Crippen molar-refractivity contribution in [1.82, 2.24) is 14.9 Å². The summed E-state index contributed by atoms with van der Waals surface area (Å²) in [5.74, 6) is 1.58. The van der Waals surface area contributed by atoms with E-state index in [1.807, 2.05) is 30.8 Å². The van der Waals surface area contributed by atoms with Crippen molar-refractivity contribution in [3.8, 4) is 5.75 Å². The van der Waals surface area contributed by atoms with Crippen LogP contribution in [0, 0.1) is 6.92 Å². The summed E-state index contributed by atoms with van der Waals surface area (Å²) in [6, 6.07) is 5.47. The fourth-order valence-corrected chi connectivity index (χ4v) is 2.35. The monoisotopic (exact) mass is 299 g/mol. The molecule has 3 rings (SSSR count). The Morgan fingerprint density at radius 2 is 2.27 bits per heavy atom. The number of methoxy groups -OCH3 is 1. The summed E-state index contributed by atoms with van der Waals surface area (Å²) in [4.78, 5) is 16.5. The molecule has 0 unspecified atom stereocenters. The standard InChI is InChI=1S/C16H17N3O3/c1-10-12-8-11(21-3)4-5-13(12)22-15(10)16(20)18-9-14-17-6-7-19(14)2/h4-8H,9H2,1-3H3,(H,18,20). The van der Waals surface area contributed by atoms with Crippen molar-refractivity contribution in [2.75, 3.05) is 7.11 Å². The molecule has 0 atom stereocenters. The minimum atomic E-state index is -0.254. The number of furan rings is 1. The first-order chi connectivity index (χ1) is 10.6. The molecular formula is C16H17N3O3. The van der Waals surface area contributed by atoms with E-state index in [4.69, 9.17) is 9.15 Å². The predicted octanol–water partition coefficient (Wildman–Crippen LogP) is 2.41. The first-order valence-electron chi connectivity index (χ1n) is 6.91. The van der Waals surface area contributed by atoms with Gasteiger partial charge in [-0.25, -0.2) is 4.98 Å². The van der Waals surface area contributed by atoms with Gasteiger partial charge < -0.3 is 19.0 Å². The number of carbonyl (C=O) groups excluding carboxylic acids is 1. The molecule has 0 saturated carbocycles. The zero-order valence-corrected chi connectivity index (χ0v) is 12.7. The summed E-state index contributed by atoms with van der Waals surface area (Å²) < 4.78 is 12.7. The summed E-state index contributed by atoms with van der Waals surface area (Å²) in [5, 5.41) is 3.70. The van der Waals surface area contributed by atoms with Gasteiger partial charge in [-0.15, -0.1) is 0 Å². The fourth-order valence-electron chi connectivity index (χ4n) is 2.35. The number of aromatic nitrogens is 2. The van der Waals surface area contributed by atoms with Crippen molar-refractivity contribution in [1.29, 1.82) is 0 Å². The van der Waals surface area contributed by atoms with Crippen molar-refractivity contribution in [2.45, 2.75) is 13.5 Å². The van der Waals surface area contributed by atoms with E-state index in [1.165, 1.54) is 0 Å². The number of hydrogen-bond acceptors (Lipinski definition) is 4. The number of carbonyl (C=O) groups is 1. The van der Waals surface area contributed by atoms with Crippen LogP contribution in [0.4, 0.5) is 0 Å². The Morgan fingerprint density at radius 1 is 1.45 bits per heavy atom. The lowest BCUT2D eigenvalue weighted by molar-refractivity contribution is 0.0923. The molecule has 2 aromatic heterocycles. The second kappa shape index (κ2) is 5.55. The molecule has 0 saturated heterocycles. The molecule has 2 heterocycles. The lowest BCUT2D eigenvalue weighted by Crippen LogP contribution is -2.24. The maximum absolute atomic E-state index is 12.3. The molecule has 22 heavy (non-hydrogen) atoms. The molecule has 6 nitrogen and oxygen atoms in total. The predicted molar refractivity (Wildman–Crippen MR) is 81.9 cm³/mol. The average Bonchev–Trinajstić information content (AvgIpc) is 3.08. The summed E-state index contributed by atoms with van der Waals surface area (Å²) in [7, 11) is 3.49. The minimum absolute atomic E-state index is 0.254. The van der Waals surface area contributed by atoms with Gasteiger partial charge >= 0.3 is 0 Å². The van der Waals surface area contributed by atoms with Crippen molar-refractivity contribution >= 4 is 16.9 Å². The van der Waals surface area contributed by atoms with Gasteiger partial charge in [0, 0.05) is 30.4 Å². The Kier molecular flexibility index (Phi) is 3.58. The van der Waals surface area contributed by atoms with Gasteiger partial charge in [-0.3, -0.25) is 4.79 Å². The lowest BCUT2D eigenvalue weighted by Gasteiger charge is -2.04. The highest BCUT2D eigenvalue weighted by Crippen LogP contribution is 2.28. The van der Waals surface area contributed by atoms with Crippen LogP contribution in [0.5, 0.6) is 5.75 Å². The van der Waals surface area contributed by atoms with Crippen LogP contribution in [-0.4, -0.2) is 22.6 Å². The second-order valence-corrected chi connectivity index (χ2v) is 5.06. The quantitative estimate of drug-likeness (QED) is 0.803. The van der Waals surface area contributed by atoms with Crippen molar-refractivity contribution in [3.63, 3.8) is 0 Å². The zero-order chi connectivity index (χ0) is 15.7. The highest BCUT2D eigenvalue weighted by atomic mass is 16.5. The summed E-state index contributed by atoms with van der Waals surface area (Å²) in [5.41, 5.74) is 1.46. The van der Waals surface area contributed by atoms with Gasteiger partial charge in [-0.05, 0) is 25.1 Å². The molecule has 6 heteroatoms. The topological polar surface area (TPSA) is 69.3 Å². The molecule has 0 bridgehead atoms. The first kappa shape index (κ1) is 14.2. The smallest absolute Gasteiger partial charge is 0.287 e. The third-order valence-corrected chi connectivity index (χ3v) is 3.68. The zero-order valence-electron chi connectivity index (χ0n) is 12.7. The first-order valence-corrected chi connectivity index (χ1v) is 6.91. The lowest BCUT2D eigenvalue weighted by atomic mass is 10.1. The van der Waals surface area contributed by atoms with Gasteiger partial charge in [0.15, 0.2) is 5.76 Å². The Labute approximate surface area is 127 Å². The van der Waals surface area contributed by atoms with E-state index >= 15 is 0 Å². The van der Waals surface area contributed by atoms with Crippen molar-refractivity contribution in [2.24, 2.45) is 7.05 Å². The maximum Gasteiger partial charge on any atom is 0.287 e. The molecule has 0 aliphatic heterocycles. The number of rotatable bonds is 4. The minimum Gasteiger partial charge on any atom is -0.497 e. The fraction of sp³-hybridized carbons (Fsp3) is 0.250. The van der Waals surface area contributed by atoms with Crippen LogP contribution >= 0.6 is 0 Å². The molecule has 114 valence electrons. The van der Waals surface area contributed by atoms with Crippen LogP contribution in [0.2, 0.25) is 0 Å². The Bertz CT molecular complexity index is 832. The van der Waals surface area contributed by atoms with E-state index in [-0.39, 0.29) is 5.91 Å². The van der Waals surface area contributed by atoms with Crippen LogP contribution < -0.4 is 10.1 Å². The molecule has 0 aliphatic rings. The number of nitrogens with one attached hydrogen (secondary N) is 1. The van der Waals surface area contributed by atoms with E-state index in [1.54, 1.807) is 25.4 Å². The molecule has 3 aromatic rings. The normalized spacial score (nSPS) is 10.9. The Morgan fingerprint density at radius 3 is 2.95 bits per heavy atom. The number of amides is 1. The molecule has 1 amide bonds. The SMILES string of the molecule is COc1ccc2oc(C(=O)NCc3nccn3C)c(C)c2c1. The van der Waals surface area contributed by atoms with E-state index < -0.39 is 0 Å². The number of ether oxygens (including phenoxy) is 1. The highest BCUT2D eigenvalue weighted by molar-refractivity contribution is 5.99. The van der Waals surface area contributed by atoms with Crippen LogP contribution in [0.1, 0.15) is 21.9 Å². The molecule has 0 radical (unpaired) electrons. The molecule has 0 aliphatic carbocycles. The van der Waals surface area contributed by atoms with E-state index in [0.717, 1.165) is 22.5 Å². The van der Waals surface area contributed by atoms with Gasteiger partial charge in [-0.1, -0.05) is 0 Å². The third kappa shape index (κ3) is 2.43. The maximum atomic E-state index is 12.3. The van der Waals surface area contributed by atoms with Crippen LogP contribution in [0.25, 0.3) is 11.0 Å². The molecule has 0 fully saturated rings.